The lowest BCUT2D eigenvalue weighted by Gasteiger charge is -2.21. The van der Waals surface area contributed by atoms with Crippen LogP contribution in [0.25, 0.3) is 10.9 Å². The molecule has 2 aromatic carbocycles. The molecule has 128 valence electrons. The summed E-state index contributed by atoms with van der Waals surface area (Å²) in [6, 6.07) is 8.44. The summed E-state index contributed by atoms with van der Waals surface area (Å²) in [5.41, 5.74) is 0.142. The third-order valence-corrected chi connectivity index (χ3v) is 4.95. The van der Waals surface area contributed by atoms with Gasteiger partial charge in [-0.1, -0.05) is 29.3 Å². The number of carbonyl (C=O) groups is 1. The largest absolute Gasteiger partial charge is 0.392 e. The molecule has 3 aromatic rings. The number of aromatic nitrogens is 2. The van der Waals surface area contributed by atoms with Crippen molar-refractivity contribution in [1.29, 1.82) is 0 Å². The van der Waals surface area contributed by atoms with Crippen LogP contribution in [0.5, 0.6) is 0 Å². The number of hydrogen-bond acceptors (Lipinski definition) is 4. The Morgan fingerprint density at radius 1 is 1.20 bits per heavy atom. The first kappa shape index (κ1) is 16.4. The average molecular weight is 378 g/mol. The Balaban J connectivity index is 1.78. The van der Waals surface area contributed by atoms with Gasteiger partial charge in [0.15, 0.2) is 5.60 Å². The van der Waals surface area contributed by atoms with Crippen LogP contribution in [0.2, 0.25) is 10.0 Å². The number of benzene rings is 2. The van der Waals surface area contributed by atoms with Crippen LogP contribution in [0.1, 0.15) is 11.1 Å². The van der Waals surface area contributed by atoms with E-state index in [0.29, 0.717) is 16.2 Å². The Morgan fingerprint density at radius 2 is 1.96 bits per heavy atom. The van der Waals surface area contributed by atoms with Gasteiger partial charge in [-0.15, -0.1) is 0 Å². The van der Waals surface area contributed by atoms with E-state index < -0.39 is 11.5 Å². The molecule has 0 saturated heterocycles. The highest BCUT2D eigenvalue weighted by Crippen LogP contribution is 2.45. The summed E-state index contributed by atoms with van der Waals surface area (Å²) in [6.45, 7) is -0.190. The second-order valence-electron chi connectivity index (χ2n) is 5.97. The van der Waals surface area contributed by atoms with Gasteiger partial charge in [-0.05, 0) is 29.8 Å². The van der Waals surface area contributed by atoms with E-state index in [1.54, 1.807) is 36.5 Å². The van der Waals surface area contributed by atoms with Crippen LogP contribution in [0.15, 0.2) is 36.5 Å². The van der Waals surface area contributed by atoms with Crippen molar-refractivity contribution >= 4 is 45.7 Å². The summed E-state index contributed by atoms with van der Waals surface area (Å²) < 4.78 is 1.48. The SMILES string of the molecule is O=C1Nc2c(Cl)ccc(Cl)c2C1(O)Cn1cc2cc(CO)ccc2n1. The average Bonchev–Trinajstić information content (AvgIpc) is 3.09. The molecular formula is C17H13Cl2N3O3. The Hall–Kier alpha value is -2.12. The van der Waals surface area contributed by atoms with E-state index in [0.717, 1.165) is 10.9 Å². The third-order valence-electron chi connectivity index (χ3n) is 4.32. The van der Waals surface area contributed by atoms with E-state index in [1.165, 1.54) is 4.68 Å². The Labute approximate surface area is 152 Å². The molecular weight excluding hydrogens is 365 g/mol. The fourth-order valence-electron chi connectivity index (χ4n) is 3.10. The normalized spacial score (nSPS) is 19.3. The van der Waals surface area contributed by atoms with Gasteiger partial charge in [0.2, 0.25) is 0 Å². The summed E-state index contributed by atoms with van der Waals surface area (Å²) in [5.74, 6) is -0.604. The maximum absolute atomic E-state index is 12.4. The van der Waals surface area contributed by atoms with Crippen molar-refractivity contribution < 1.29 is 15.0 Å². The van der Waals surface area contributed by atoms with E-state index >= 15 is 0 Å². The monoisotopic (exact) mass is 377 g/mol. The van der Waals surface area contributed by atoms with Crippen LogP contribution >= 0.6 is 23.2 Å². The first-order chi connectivity index (χ1) is 11.9. The number of halogens is 2. The van der Waals surface area contributed by atoms with Gasteiger partial charge in [-0.25, -0.2) is 0 Å². The van der Waals surface area contributed by atoms with Crippen molar-refractivity contribution in [2.45, 2.75) is 18.8 Å². The molecule has 8 heteroatoms. The maximum Gasteiger partial charge on any atom is 0.263 e. The maximum atomic E-state index is 12.4. The minimum Gasteiger partial charge on any atom is -0.392 e. The number of carbonyl (C=O) groups excluding carboxylic acids is 1. The summed E-state index contributed by atoms with van der Waals surface area (Å²) in [4.78, 5) is 12.4. The van der Waals surface area contributed by atoms with E-state index in [9.17, 15) is 15.0 Å². The van der Waals surface area contributed by atoms with E-state index in [1.807, 2.05) is 0 Å². The van der Waals surface area contributed by atoms with Crippen LogP contribution in [-0.4, -0.2) is 25.9 Å². The van der Waals surface area contributed by atoms with Gasteiger partial charge in [0.05, 0.1) is 29.4 Å². The van der Waals surface area contributed by atoms with Gasteiger partial charge in [0, 0.05) is 22.2 Å². The van der Waals surface area contributed by atoms with Crippen LogP contribution in [0, 0.1) is 0 Å². The molecule has 0 aliphatic carbocycles. The van der Waals surface area contributed by atoms with Crippen molar-refractivity contribution in [3.63, 3.8) is 0 Å². The van der Waals surface area contributed by atoms with Crippen LogP contribution in [0.3, 0.4) is 0 Å². The lowest BCUT2D eigenvalue weighted by Crippen LogP contribution is -2.38. The van der Waals surface area contributed by atoms with Gasteiger partial charge < -0.3 is 15.5 Å². The number of fused-ring (bicyclic) bond motifs is 2. The molecule has 0 saturated carbocycles. The molecule has 4 rings (SSSR count). The highest BCUT2D eigenvalue weighted by molar-refractivity contribution is 6.38. The van der Waals surface area contributed by atoms with Crippen molar-refractivity contribution in [2.75, 3.05) is 5.32 Å². The van der Waals surface area contributed by atoms with Gasteiger partial charge >= 0.3 is 0 Å². The number of amides is 1. The molecule has 1 unspecified atom stereocenters. The minimum absolute atomic E-state index is 0.0745. The van der Waals surface area contributed by atoms with Gasteiger partial charge in [0.1, 0.15) is 0 Å². The second kappa shape index (κ2) is 5.71. The number of anilines is 1. The Morgan fingerprint density at radius 3 is 2.72 bits per heavy atom. The highest BCUT2D eigenvalue weighted by atomic mass is 35.5. The molecule has 25 heavy (non-hydrogen) atoms. The first-order valence-corrected chi connectivity index (χ1v) is 8.27. The number of aliphatic hydroxyl groups excluding tert-OH is 1. The quantitative estimate of drug-likeness (QED) is 0.654. The number of nitrogens with zero attached hydrogens (tertiary/aromatic N) is 2. The molecule has 0 fully saturated rings. The minimum atomic E-state index is -1.88. The van der Waals surface area contributed by atoms with Gasteiger partial charge in [-0.2, -0.15) is 5.10 Å². The summed E-state index contributed by atoms with van der Waals surface area (Å²) in [6.07, 6.45) is 1.70. The topological polar surface area (TPSA) is 87.4 Å². The molecule has 0 radical (unpaired) electrons. The summed E-state index contributed by atoms with van der Waals surface area (Å²) >= 11 is 12.3. The Kier molecular flexibility index (Phi) is 3.73. The summed E-state index contributed by atoms with van der Waals surface area (Å²) in [7, 11) is 0. The molecule has 1 aliphatic heterocycles. The zero-order valence-electron chi connectivity index (χ0n) is 12.8. The molecule has 6 nitrogen and oxygen atoms in total. The number of hydrogen-bond donors (Lipinski definition) is 3. The third kappa shape index (κ3) is 2.49. The zero-order valence-corrected chi connectivity index (χ0v) is 14.3. The van der Waals surface area contributed by atoms with E-state index in [2.05, 4.69) is 10.4 Å². The van der Waals surface area contributed by atoms with E-state index in [-0.39, 0.29) is 23.7 Å². The Bertz CT molecular complexity index is 1020. The van der Waals surface area contributed by atoms with Crippen molar-refractivity contribution in [3.8, 4) is 0 Å². The molecule has 0 spiro atoms. The lowest BCUT2D eigenvalue weighted by atomic mass is 9.95. The first-order valence-electron chi connectivity index (χ1n) is 7.51. The number of rotatable bonds is 3. The highest BCUT2D eigenvalue weighted by Gasteiger charge is 2.48. The standard InChI is InChI=1S/C17H13Cl2N3O3/c18-11-2-3-12(19)15-14(11)17(25,16(24)20-15)8-22-6-10-5-9(7-23)1-4-13(10)21-22/h1-6,23,25H,7-8H2,(H,20,24). The van der Waals surface area contributed by atoms with E-state index in [4.69, 9.17) is 23.2 Å². The van der Waals surface area contributed by atoms with Crippen LogP contribution in [0.4, 0.5) is 5.69 Å². The molecule has 1 aliphatic rings. The van der Waals surface area contributed by atoms with Crippen LogP contribution in [-0.2, 0) is 23.5 Å². The number of nitrogens with one attached hydrogen (secondary N) is 1. The molecule has 2 heterocycles. The zero-order chi connectivity index (χ0) is 17.8. The van der Waals surface area contributed by atoms with Crippen molar-refractivity contribution in [2.24, 2.45) is 0 Å². The van der Waals surface area contributed by atoms with Gasteiger partial charge in [0.25, 0.3) is 5.91 Å². The fourth-order valence-corrected chi connectivity index (χ4v) is 3.62. The molecule has 0 bridgehead atoms. The molecule has 1 atom stereocenters. The van der Waals surface area contributed by atoms with Crippen molar-refractivity contribution in [1.82, 2.24) is 9.78 Å². The molecule has 3 N–H and O–H groups in total. The predicted octanol–water partition coefficient (Wildman–Crippen LogP) is 2.68. The smallest absolute Gasteiger partial charge is 0.263 e. The predicted molar refractivity (Wildman–Crippen MR) is 94.6 cm³/mol. The van der Waals surface area contributed by atoms with Crippen LogP contribution < -0.4 is 5.32 Å². The molecule has 1 amide bonds. The molecule has 1 aromatic heterocycles. The van der Waals surface area contributed by atoms with Gasteiger partial charge in [-0.3, -0.25) is 9.48 Å². The second-order valence-corrected chi connectivity index (χ2v) is 6.79. The summed E-state index contributed by atoms with van der Waals surface area (Å²) in [5, 5.41) is 28.6. The van der Waals surface area contributed by atoms with Crippen molar-refractivity contribution in [3.05, 3.63) is 57.7 Å². The number of aliphatic hydroxyl groups is 2. The lowest BCUT2D eigenvalue weighted by molar-refractivity contribution is -0.135. The fraction of sp³-hybridized carbons (Fsp3) is 0.176.